The van der Waals surface area contributed by atoms with Crippen molar-refractivity contribution >= 4 is 12.0 Å². The number of aryl methyl sites for hydroxylation is 1. The van der Waals surface area contributed by atoms with E-state index >= 15 is 0 Å². The highest BCUT2D eigenvalue weighted by Crippen LogP contribution is 2.24. The highest BCUT2D eigenvalue weighted by molar-refractivity contribution is 5.92. The molecule has 0 bridgehead atoms. The Labute approximate surface area is 168 Å². The molecular weight excluding hydrogens is 411 g/mol. The molecule has 0 aliphatic carbocycles. The predicted octanol–water partition coefficient (Wildman–Crippen LogP) is 3.41. The van der Waals surface area contributed by atoms with Gasteiger partial charge in [0.1, 0.15) is 18.5 Å². The summed E-state index contributed by atoms with van der Waals surface area (Å²) in [4.78, 5) is 17.7. The lowest BCUT2D eigenvalue weighted by molar-refractivity contribution is -0.134. The molecule has 1 unspecified atom stereocenters. The van der Waals surface area contributed by atoms with Crippen LogP contribution in [0.5, 0.6) is 5.75 Å². The number of carbonyl (C=O) groups is 1. The van der Waals surface area contributed by atoms with E-state index in [1.165, 1.54) is 4.90 Å². The van der Waals surface area contributed by atoms with Crippen molar-refractivity contribution in [3.05, 3.63) is 64.7 Å². The zero-order valence-corrected chi connectivity index (χ0v) is 15.8. The number of halogens is 5. The Balaban J connectivity index is 1.63. The van der Waals surface area contributed by atoms with Crippen LogP contribution in [0.2, 0.25) is 0 Å². The Hall–Kier alpha value is -3.01. The van der Waals surface area contributed by atoms with Gasteiger partial charge < -0.3 is 14.4 Å². The lowest BCUT2D eigenvalue weighted by atomic mass is 10.1. The lowest BCUT2D eigenvalue weighted by Gasteiger charge is -2.32. The van der Waals surface area contributed by atoms with Crippen LogP contribution in [-0.4, -0.2) is 48.2 Å². The maximum absolute atomic E-state index is 13.7. The van der Waals surface area contributed by atoms with Gasteiger partial charge in [-0.1, -0.05) is 0 Å². The highest BCUT2D eigenvalue weighted by Gasteiger charge is 2.26. The molecule has 1 aromatic heterocycles. The van der Waals surface area contributed by atoms with Crippen LogP contribution in [0.1, 0.15) is 11.3 Å². The summed E-state index contributed by atoms with van der Waals surface area (Å²) in [6, 6.07) is 3.51. The fourth-order valence-corrected chi connectivity index (χ4v) is 2.78. The third-order valence-corrected chi connectivity index (χ3v) is 4.41. The molecule has 1 aromatic carbocycles. The zero-order valence-electron chi connectivity index (χ0n) is 15.8. The van der Waals surface area contributed by atoms with Gasteiger partial charge in [-0.2, -0.15) is 0 Å². The molecule has 1 aliphatic rings. The first-order valence-corrected chi connectivity index (χ1v) is 8.93. The van der Waals surface area contributed by atoms with Crippen molar-refractivity contribution in [2.45, 2.75) is 13.0 Å². The van der Waals surface area contributed by atoms with Crippen LogP contribution >= 0.6 is 0 Å². The van der Waals surface area contributed by atoms with Crippen LogP contribution in [-0.2, 0) is 9.53 Å². The molecule has 2 aromatic rings. The number of pyridine rings is 1. The van der Waals surface area contributed by atoms with Crippen molar-refractivity contribution in [3.8, 4) is 5.75 Å². The molecule has 0 saturated carbocycles. The Morgan fingerprint density at radius 1 is 1.17 bits per heavy atom. The number of rotatable bonds is 5. The van der Waals surface area contributed by atoms with Gasteiger partial charge >= 0.3 is 0 Å². The number of hydrogen-bond acceptors (Lipinski definition) is 4. The minimum atomic E-state index is -2.26. The van der Waals surface area contributed by atoms with Crippen LogP contribution < -0.4 is 4.74 Å². The monoisotopic (exact) mass is 428 g/mol. The van der Waals surface area contributed by atoms with Crippen molar-refractivity contribution in [3.63, 3.8) is 0 Å². The molecule has 10 heteroatoms. The summed E-state index contributed by atoms with van der Waals surface area (Å²) in [5.41, 5.74) is -0.353. The fourth-order valence-electron chi connectivity index (χ4n) is 2.78. The number of benzene rings is 1. The maximum atomic E-state index is 13.7. The van der Waals surface area contributed by atoms with Gasteiger partial charge in [0.2, 0.25) is 11.7 Å². The van der Waals surface area contributed by atoms with Crippen LogP contribution in [0, 0.1) is 36.0 Å². The Morgan fingerprint density at radius 2 is 1.83 bits per heavy atom. The predicted molar refractivity (Wildman–Crippen MR) is 96.1 cm³/mol. The minimum Gasteiger partial charge on any atom is -0.489 e. The molecule has 1 fully saturated rings. The number of morpholine rings is 1. The van der Waals surface area contributed by atoms with Gasteiger partial charge in [-0.3, -0.25) is 9.78 Å². The highest BCUT2D eigenvalue weighted by atomic mass is 19.2. The smallest absolute Gasteiger partial charge is 0.246 e. The zero-order chi connectivity index (χ0) is 21.8. The Morgan fingerprint density at radius 3 is 2.47 bits per heavy atom. The van der Waals surface area contributed by atoms with Gasteiger partial charge in [-0.05, 0) is 25.1 Å². The normalized spacial score (nSPS) is 16.9. The first-order valence-electron chi connectivity index (χ1n) is 8.93. The van der Waals surface area contributed by atoms with E-state index in [1.807, 2.05) is 6.92 Å². The average molecular weight is 428 g/mol. The lowest BCUT2D eigenvalue weighted by Crippen LogP contribution is -2.47. The molecule has 1 saturated heterocycles. The first-order chi connectivity index (χ1) is 14.3. The Kier molecular flexibility index (Phi) is 6.66. The second-order valence-corrected chi connectivity index (χ2v) is 6.54. The maximum Gasteiger partial charge on any atom is 0.246 e. The van der Waals surface area contributed by atoms with E-state index in [0.29, 0.717) is 11.8 Å². The standard InChI is InChI=1S/C20H17F5N2O3/c1-11-2-3-12(8-26-11)30-10-13-9-27(6-7-29-13)15(28)5-4-14-16(21)18(23)20(25)19(24)17(14)22/h2-5,8,13H,6-7,9-10H2,1H3. The topological polar surface area (TPSA) is 51.7 Å². The number of amides is 1. The number of aromatic nitrogens is 1. The van der Waals surface area contributed by atoms with E-state index in [2.05, 4.69) is 4.98 Å². The van der Waals surface area contributed by atoms with Crippen molar-refractivity contribution < 1.29 is 36.2 Å². The molecular formula is C20H17F5N2O3. The summed E-state index contributed by atoms with van der Waals surface area (Å²) in [7, 11) is 0. The largest absolute Gasteiger partial charge is 0.489 e. The van der Waals surface area contributed by atoms with Crippen molar-refractivity contribution in [1.29, 1.82) is 0 Å². The van der Waals surface area contributed by atoms with Gasteiger partial charge in [0.15, 0.2) is 23.3 Å². The molecule has 5 nitrogen and oxygen atoms in total. The summed E-state index contributed by atoms with van der Waals surface area (Å²) in [5.74, 6) is -10.5. The summed E-state index contributed by atoms with van der Waals surface area (Å²) in [5, 5.41) is 0. The molecule has 3 rings (SSSR count). The summed E-state index contributed by atoms with van der Waals surface area (Å²) < 4.78 is 78.1. The van der Waals surface area contributed by atoms with E-state index in [1.54, 1.807) is 18.3 Å². The molecule has 0 N–H and O–H groups in total. The van der Waals surface area contributed by atoms with Crippen molar-refractivity contribution in [1.82, 2.24) is 9.88 Å². The van der Waals surface area contributed by atoms with E-state index in [0.717, 1.165) is 11.8 Å². The molecule has 1 atom stereocenters. The third kappa shape index (κ3) is 4.76. The minimum absolute atomic E-state index is 0.125. The molecule has 1 aliphatic heterocycles. The van der Waals surface area contributed by atoms with Crippen LogP contribution in [0.15, 0.2) is 24.4 Å². The molecule has 0 radical (unpaired) electrons. The number of hydrogen-bond donors (Lipinski definition) is 0. The summed E-state index contributed by atoms with van der Waals surface area (Å²) >= 11 is 0. The van der Waals surface area contributed by atoms with Crippen molar-refractivity contribution in [2.75, 3.05) is 26.3 Å². The van der Waals surface area contributed by atoms with E-state index in [4.69, 9.17) is 9.47 Å². The van der Waals surface area contributed by atoms with Gasteiger partial charge in [0, 0.05) is 18.3 Å². The van der Waals surface area contributed by atoms with Gasteiger partial charge in [0.25, 0.3) is 0 Å². The molecule has 0 spiro atoms. The summed E-state index contributed by atoms with van der Waals surface area (Å²) in [6.45, 7) is 2.48. The second-order valence-electron chi connectivity index (χ2n) is 6.54. The molecule has 160 valence electrons. The second kappa shape index (κ2) is 9.21. The number of nitrogens with zero attached hydrogens (tertiary/aromatic N) is 2. The summed E-state index contributed by atoms with van der Waals surface area (Å²) in [6.07, 6.45) is 2.41. The van der Waals surface area contributed by atoms with Crippen LogP contribution in [0.3, 0.4) is 0 Å². The van der Waals surface area contributed by atoms with Gasteiger partial charge in [-0.25, -0.2) is 22.0 Å². The molecule has 1 amide bonds. The number of carbonyl (C=O) groups excluding carboxylic acids is 1. The average Bonchev–Trinajstić information content (AvgIpc) is 2.76. The van der Waals surface area contributed by atoms with E-state index < -0.39 is 46.7 Å². The number of ether oxygens (including phenoxy) is 2. The van der Waals surface area contributed by atoms with E-state index in [9.17, 15) is 26.7 Å². The first kappa shape index (κ1) is 21.7. The fraction of sp³-hybridized carbons (Fsp3) is 0.300. The molecule has 30 heavy (non-hydrogen) atoms. The van der Waals surface area contributed by atoms with Crippen LogP contribution in [0.25, 0.3) is 6.08 Å². The Bertz CT molecular complexity index is 937. The SMILES string of the molecule is Cc1ccc(OCC2CN(C(=O)C=Cc3c(F)c(F)c(F)c(F)c3F)CCO2)cn1. The van der Waals surface area contributed by atoms with Crippen molar-refractivity contribution in [2.24, 2.45) is 0 Å². The molecule has 2 heterocycles. The van der Waals surface area contributed by atoms with Gasteiger partial charge in [0.05, 0.1) is 24.9 Å². The van der Waals surface area contributed by atoms with Gasteiger partial charge in [-0.15, -0.1) is 0 Å². The van der Waals surface area contributed by atoms with Crippen LogP contribution in [0.4, 0.5) is 22.0 Å². The van der Waals surface area contributed by atoms with E-state index in [-0.39, 0.29) is 26.3 Å². The quantitative estimate of drug-likeness (QED) is 0.317. The third-order valence-electron chi connectivity index (χ3n) is 4.41.